The molecule has 1 fully saturated rings. The lowest BCUT2D eigenvalue weighted by Gasteiger charge is -2.01. The van der Waals surface area contributed by atoms with Crippen LogP contribution in [0.15, 0.2) is 11.4 Å². The molecule has 0 heterocycles. The van der Waals surface area contributed by atoms with Crippen molar-refractivity contribution in [3.8, 4) is 0 Å². The zero-order chi connectivity index (χ0) is 9.52. The highest BCUT2D eigenvalue weighted by molar-refractivity contribution is 6.28. The fraction of sp³-hybridized carbons (Fsp3) is 0.625. The summed E-state index contributed by atoms with van der Waals surface area (Å²) in [5.74, 6) is -2.08. The Hall–Kier alpha value is -0.570. The molecule has 1 rings (SSSR count). The number of hydrogen-bond acceptors (Lipinski definition) is 2. The summed E-state index contributed by atoms with van der Waals surface area (Å²) < 4.78 is 12.2. The summed E-state index contributed by atoms with van der Waals surface area (Å²) >= 11 is 4.99. The predicted octanol–water partition coefficient (Wildman–Crippen LogP) is 1.06. The first-order valence-electron chi connectivity index (χ1n) is 3.61. The molecular weight excluding hydrogens is 183 g/mol. The highest BCUT2D eigenvalue weighted by Crippen LogP contribution is 2.59. The van der Waals surface area contributed by atoms with E-state index < -0.39 is 22.6 Å². The predicted molar refractivity (Wildman–Crippen MR) is 40.8 cm³/mol. The quantitative estimate of drug-likeness (QED) is 0.655. The van der Waals surface area contributed by atoms with Crippen molar-refractivity contribution in [1.82, 2.24) is 0 Å². The maximum absolute atomic E-state index is 12.2. The van der Waals surface area contributed by atoms with Gasteiger partial charge in [0.05, 0.1) is 0 Å². The van der Waals surface area contributed by atoms with E-state index in [9.17, 15) is 14.3 Å². The van der Waals surface area contributed by atoms with Gasteiger partial charge in [0, 0.05) is 11.9 Å². The van der Waals surface area contributed by atoms with Crippen LogP contribution in [0, 0.1) is 17.3 Å². The van der Waals surface area contributed by atoms with Crippen molar-refractivity contribution in [2.24, 2.45) is 17.3 Å². The fourth-order valence-corrected chi connectivity index (χ4v) is 1.71. The van der Waals surface area contributed by atoms with Crippen LogP contribution >= 0.6 is 11.6 Å². The monoisotopic (exact) mass is 191 g/mol. The molecule has 0 amide bonds. The SMILES string of the molecule is CC1(C)C(/C=C(\F)Cl)C1C(=O)[O-]. The van der Waals surface area contributed by atoms with E-state index in [0.717, 1.165) is 6.08 Å². The number of rotatable bonds is 2. The first kappa shape index (κ1) is 9.52. The van der Waals surface area contributed by atoms with Gasteiger partial charge in [0.15, 0.2) is 5.29 Å². The van der Waals surface area contributed by atoms with Gasteiger partial charge in [-0.25, -0.2) is 0 Å². The smallest absolute Gasteiger partial charge is 0.185 e. The minimum Gasteiger partial charge on any atom is -0.550 e. The van der Waals surface area contributed by atoms with E-state index in [1.165, 1.54) is 0 Å². The number of hydrogen-bond donors (Lipinski definition) is 0. The van der Waals surface area contributed by atoms with Gasteiger partial charge in [-0.05, 0) is 17.4 Å². The second kappa shape index (κ2) is 2.73. The molecule has 12 heavy (non-hydrogen) atoms. The van der Waals surface area contributed by atoms with Crippen LogP contribution in [0.5, 0.6) is 0 Å². The zero-order valence-electron chi connectivity index (χ0n) is 6.80. The molecule has 0 aromatic carbocycles. The maximum Gasteiger partial charge on any atom is 0.185 e. The molecule has 1 saturated carbocycles. The largest absolute Gasteiger partial charge is 0.550 e. The minimum atomic E-state index is -1.14. The van der Waals surface area contributed by atoms with Gasteiger partial charge in [-0.2, -0.15) is 4.39 Å². The Kier molecular flexibility index (Phi) is 2.17. The first-order chi connectivity index (χ1) is 5.37. The molecule has 0 radical (unpaired) electrons. The molecule has 1 aliphatic carbocycles. The molecule has 0 aromatic rings. The van der Waals surface area contributed by atoms with Gasteiger partial charge in [0.1, 0.15) is 0 Å². The number of aliphatic carboxylic acids is 1. The van der Waals surface area contributed by atoms with E-state index in [1.807, 2.05) is 0 Å². The van der Waals surface area contributed by atoms with Crippen molar-refractivity contribution in [2.45, 2.75) is 13.8 Å². The van der Waals surface area contributed by atoms with Crippen LogP contribution in [-0.2, 0) is 4.79 Å². The lowest BCUT2D eigenvalue weighted by atomic mass is 10.1. The Labute approximate surface area is 75.0 Å². The molecule has 0 spiro atoms. The molecule has 1 aliphatic rings. The summed E-state index contributed by atoms with van der Waals surface area (Å²) in [6.07, 6.45) is 1.13. The molecule has 68 valence electrons. The maximum atomic E-state index is 12.2. The summed E-state index contributed by atoms with van der Waals surface area (Å²) in [6, 6.07) is 0. The molecule has 2 nitrogen and oxygen atoms in total. The van der Waals surface area contributed by atoms with Crippen LogP contribution in [0.4, 0.5) is 4.39 Å². The fourth-order valence-electron chi connectivity index (χ4n) is 1.57. The third kappa shape index (κ3) is 1.46. The van der Waals surface area contributed by atoms with Crippen LogP contribution in [0.25, 0.3) is 0 Å². The van der Waals surface area contributed by atoms with Crippen LogP contribution in [-0.4, -0.2) is 5.97 Å². The highest BCUT2D eigenvalue weighted by atomic mass is 35.5. The van der Waals surface area contributed by atoms with Gasteiger partial charge in [0.25, 0.3) is 0 Å². The van der Waals surface area contributed by atoms with E-state index in [0.29, 0.717) is 0 Å². The molecule has 2 unspecified atom stereocenters. The van der Waals surface area contributed by atoms with E-state index in [-0.39, 0.29) is 5.92 Å². The normalized spacial score (nSPS) is 33.2. The number of halogens is 2. The van der Waals surface area contributed by atoms with Gasteiger partial charge in [-0.1, -0.05) is 25.4 Å². The summed E-state index contributed by atoms with van der Waals surface area (Å²) in [7, 11) is 0. The number of carboxylic acids is 1. The van der Waals surface area contributed by atoms with Crippen LogP contribution in [0.1, 0.15) is 13.8 Å². The molecule has 4 heteroatoms. The Bertz CT molecular complexity index is 243. The topological polar surface area (TPSA) is 40.1 Å². The van der Waals surface area contributed by atoms with Gasteiger partial charge >= 0.3 is 0 Å². The standard InChI is InChI=1S/C8H10ClFO2/c1-8(2)4(3-5(9)10)6(8)7(11)12/h3-4,6H,1-2H3,(H,11,12)/p-1/b5-3-. The van der Waals surface area contributed by atoms with Gasteiger partial charge in [-0.3, -0.25) is 0 Å². The Morgan fingerprint density at radius 1 is 1.67 bits per heavy atom. The number of allylic oxidation sites excluding steroid dienone is 1. The molecule has 0 saturated heterocycles. The van der Waals surface area contributed by atoms with Crippen molar-refractivity contribution in [3.05, 3.63) is 11.4 Å². The summed E-state index contributed by atoms with van der Waals surface area (Å²) in [5.41, 5.74) is -0.426. The minimum absolute atomic E-state index is 0.333. The lowest BCUT2D eigenvalue weighted by Crippen LogP contribution is -2.26. The lowest BCUT2D eigenvalue weighted by molar-refractivity contribution is -0.308. The van der Waals surface area contributed by atoms with E-state index in [4.69, 9.17) is 11.6 Å². The number of carbonyl (C=O) groups excluding carboxylic acids is 1. The van der Waals surface area contributed by atoms with E-state index in [1.54, 1.807) is 13.8 Å². The van der Waals surface area contributed by atoms with Crippen LogP contribution in [0.3, 0.4) is 0 Å². The van der Waals surface area contributed by atoms with Crippen LogP contribution < -0.4 is 5.11 Å². The average Bonchev–Trinajstić information content (AvgIpc) is 2.32. The molecule has 0 aliphatic heterocycles. The molecule has 0 bridgehead atoms. The average molecular weight is 192 g/mol. The van der Waals surface area contributed by atoms with Crippen molar-refractivity contribution in [3.63, 3.8) is 0 Å². The van der Waals surface area contributed by atoms with Crippen molar-refractivity contribution < 1.29 is 14.3 Å². The van der Waals surface area contributed by atoms with Crippen molar-refractivity contribution >= 4 is 17.6 Å². The molecule has 0 aromatic heterocycles. The zero-order valence-corrected chi connectivity index (χ0v) is 7.56. The number of carboxylic acid groups (broad SMARTS) is 1. The van der Waals surface area contributed by atoms with Crippen LogP contribution in [0.2, 0.25) is 0 Å². The van der Waals surface area contributed by atoms with Crippen molar-refractivity contribution in [2.75, 3.05) is 0 Å². The van der Waals surface area contributed by atoms with E-state index >= 15 is 0 Å². The Morgan fingerprint density at radius 3 is 2.42 bits per heavy atom. The third-order valence-corrected chi connectivity index (χ3v) is 2.60. The molecular formula is C8H9ClFO2-. The first-order valence-corrected chi connectivity index (χ1v) is 3.99. The van der Waals surface area contributed by atoms with Crippen molar-refractivity contribution in [1.29, 1.82) is 0 Å². The molecule has 2 atom stereocenters. The number of carbonyl (C=O) groups is 1. The highest BCUT2D eigenvalue weighted by Gasteiger charge is 2.57. The summed E-state index contributed by atoms with van der Waals surface area (Å²) in [5, 5.41) is 9.61. The van der Waals surface area contributed by atoms with E-state index in [2.05, 4.69) is 0 Å². The van der Waals surface area contributed by atoms with Gasteiger partial charge in [0.2, 0.25) is 0 Å². The molecule has 0 N–H and O–H groups in total. The second-order valence-corrected chi connectivity index (χ2v) is 3.96. The third-order valence-electron chi connectivity index (χ3n) is 2.47. The summed E-state index contributed by atoms with van der Waals surface area (Å²) in [6.45, 7) is 3.49. The Morgan fingerprint density at radius 2 is 2.17 bits per heavy atom. The summed E-state index contributed by atoms with van der Waals surface area (Å²) in [4.78, 5) is 10.5. The van der Waals surface area contributed by atoms with Gasteiger partial charge < -0.3 is 9.90 Å². The Balaban J connectivity index is 2.73. The second-order valence-electron chi connectivity index (χ2n) is 3.60. The van der Waals surface area contributed by atoms with Gasteiger partial charge in [-0.15, -0.1) is 0 Å².